The molecule has 0 N–H and O–H groups in total. The smallest absolute Gasteiger partial charge is 0.337 e. The maximum Gasteiger partial charge on any atom is 0.337 e. The monoisotopic (exact) mass is 430 g/mol. The normalized spacial score (nSPS) is 10.9. The zero-order valence-electron chi connectivity index (χ0n) is 17.8. The zero-order chi connectivity index (χ0) is 22.8. The number of esters is 1. The molecule has 8 heteroatoms. The van der Waals surface area contributed by atoms with E-state index in [1.165, 1.54) is 24.1 Å². The first-order chi connectivity index (χ1) is 15.5. The third-order valence-corrected chi connectivity index (χ3v) is 5.27. The second-order valence-corrected chi connectivity index (χ2v) is 7.35. The lowest BCUT2D eigenvalue weighted by molar-refractivity contribution is 0.0600. The quantitative estimate of drug-likeness (QED) is 0.347. The van der Waals surface area contributed by atoms with E-state index >= 15 is 0 Å². The molecular weight excluding hydrogens is 408 g/mol. The van der Waals surface area contributed by atoms with E-state index in [0.29, 0.717) is 11.3 Å². The van der Waals surface area contributed by atoms with E-state index in [1.807, 2.05) is 37.3 Å². The number of fused-ring (bicyclic) bond motifs is 1. The van der Waals surface area contributed by atoms with Crippen LogP contribution in [0.3, 0.4) is 0 Å². The van der Waals surface area contributed by atoms with Crippen LogP contribution in [0, 0.1) is 6.92 Å². The van der Waals surface area contributed by atoms with Crippen molar-refractivity contribution in [2.24, 2.45) is 0 Å². The van der Waals surface area contributed by atoms with Crippen LogP contribution in [0.25, 0.3) is 16.9 Å². The molecule has 2 heterocycles. The number of benzene rings is 2. The van der Waals surface area contributed by atoms with Crippen molar-refractivity contribution in [2.75, 3.05) is 7.11 Å². The summed E-state index contributed by atoms with van der Waals surface area (Å²) in [5.74, 6) is -0.441. The molecule has 0 saturated heterocycles. The highest BCUT2D eigenvalue weighted by atomic mass is 16.5. The SMILES string of the molecule is C=CCn1c(=O)c2c(ncn2Cc2cccc(C(=O)OC)c2)n(-c2ccccc2C)c1=O. The Balaban J connectivity index is 1.95. The van der Waals surface area contributed by atoms with Gasteiger partial charge in [-0.15, -0.1) is 6.58 Å². The summed E-state index contributed by atoms with van der Waals surface area (Å²) in [6.45, 7) is 5.93. The van der Waals surface area contributed by atoms with E-state index in [0.717, 1.165) is 15.7 Å². The number of hydrogen-bond donors (Lipinski definition) is 0. The predicted octanol–water partition coefficient (Wildman–Crippen LogP) is 2.68. The number of carbonyl (C=O) groups is 1. The maximum atomic E-state index is 13.3. The average Bonchev–Trinajstić information content (AvgIpc) is 3.20. The third-order valence-electron chi connectivity index (χ3n) is 5.27. The summed E-state index contributed by atoms with van der Waals surface area (Å²) in [7, 11) is 1.32. The first-order valence-corrected chi connectivity index (χ1v) is 10.0. The standard InChI is InChI=1S/C24H22N4O4/c1-4-12-27-22(29)20-21(28(24(27)31)19-11-6-5-8-16(19)2)25-15-26(20)14-17-9-7-10-18(13-17)23(30)32-3/h4-11,13,15H,1,12,14H2,2-3H3. The Morgan fingerprint density at radius 2 is 1.94 bits per heavy atom. The molecule has 0 radical (unpaired) electrons. The second-order valence-electron chi connectivity index (χ2n) is 7.35. The molecule has 0 unspecified atom stereocenters. The average molecular weight is 430 g/mol. The van der Waals surface area contributed by atoms with Crippen LogP contribution in [0.1, 0.15) is 21.5 Å². The summed E-state index contributed by atoms with van der Waals surface area (Å²) >= 11 is 0. The zero-order valence-corrected chi connectivity index (χ0v) is 17.8. The molecule has 0 atom stereocenters. The largest absolute Gasteiger partial charge is 0.465 e. The Bertz CT molecular complexity index is 1460. The molecule has 0 aliphatic rings. The van der Waals surface area contributed by atoms with Gasteiger partial charge in [0.2, 0.25) is 0 Å². The van der Waals surface area contributed by atoms with Gasteiger partial charge >= 0.3 is 11.7 Å². The Morgan fingerprint density at radius 3 is 2.66 bits per heavy atom. The van der Waals surface area contributed by atoms with Gasteiger partial charge in [-0.1, -0.05) is 36.4 Å². The number of rotatable bonds is 6. The van der Waals surface area contributed by atoms with Crippen LogP contribution in [0.15, 0.2) is 77.1 Å². The number of ether oxygens (including phenoxy) is 1. The maximum absolute atomic E-state index is 13.3. The molecule has 0 fully saturated rings. The molecule has 0 saturated carbocycles. The summed E-state index contributed by atoms with van der Waals surface area (Å²) in [5, 5.41) is 0. The van der Waals surface area contributed by atoms with Gasteiger partial charge in [0.15, 0.2) is 11.2 Å². The first-order valence-electron chi connectivity index (χ1n) is 10.0. The second kappa shape index (κ2) is 8.50. The van der Waals surface area contributed by atoms with Gasteiger partial charge in [0.1, 0.15) is 0 Å². The lowest BCUT2D eigenvalue weighted by Gasteiger charge is -2.13. The number of methoxy groups -OCH3 is 1. The molecule has 32 heavy (non-hydrogen) atoms. The molecule has 2 aromatic heterocycles. The summed E-state index contributed by atoms with van der Waals surface area (Å²) in [6, 6.07) is 14.4. The van der Waals surface area contributed by atoms with Gasteiger partial charge in [0, 0.05) is 13.1 Å². The van der Waals surface area contributed by atoms with Gasteiger partial charge < -0.3 is 9.30 Å². The van der Waals surface area contributed by atoms with E-state index in [9.17, 15) is 14.4 Å². The van der Waals surface area contributed by atoms with Crippen molar-refractivity contribution >= 4 is 17.1 Å². The third kappa shape index (κ3) is 3.56. The van der Waals surface area contributed by atoms with E-state index in [1.54, 1.807) is 22.8 Å². The molecule has 0 bridgehead atoms. The number of aryl methyl sites for hydroxylation is 1. The van der Waals surface area contributed by atoms with Crippen LogP contribution in [0.4, 0.5) is 0 Å². The summed E-state index contributed by atoms with van der Waals surface area (Å²) in [5.41, 5.74) is 2.37. The van der Waals surface area contributed by atoms with Gasteiger partial charge in [-0.05, 0) is 36.2 Å². The molecule has 0 aliphatic carbocycles. The molecule has 0 spiro atoms. The van der Waals surface area contributed by atoms with E-state index in [2.05, 4.69) is 11.6 Å². The number of aromatic nitrogens is 4. The number of nitrogens with zero attached hydrogens (tertiary/aromatic N) is 4. The Hall–Kier alpha value is -4.20. The van der Waals surface area contributed by atoms with Crippen molar-refractivity contribution in [3.8, 4) is 5.69 Å². The molecule has 162 valence electrons. The van der Waals surface area contributed by atoms with Crippen LogP contribution in [0.5, 0.6) is 0 Å². The van der Waals surface area contributed by atoms with Crippen LogP contribution in [0.2, 0.25) is 0 Å². The van der Waals surface area contributed by atoms with Crippen LogP contribution >= 0.6 is 0 Å². The minimum absolute atomic E-state index is 0.0719. The molecule has 0 amide bonds. The lowest BCUT2D eigenvalue weighted by atomic mass is 10.1. The Labute approximate surface area is 183 Å². The summed E-state index contributed by atoms with van der Waals surface area (Å²) < 4.78 is 9.07. The first kappa shape index (κ1) is 21.0. The summed E-state index contributed by atoms with van der Waals surface area (Å²) in [6.07, 6.45) is 3.04. The van der Waals surface area contributed by atoms with Gasteiger partial charge in [0.05, 0.1) is 24.7 Å². The van der Waals surface area contributed by atoms with Crippen molar-refractivity contribution in [1.82, 2.24) is 18.7 Å². The number of allylic oxidation sites excluding steroid dienone is 1. The highest BCUT2D eigenvalue weighted by molar-refractivity contribution is 5.89. The highest BCUT2D eigenvalue weighted by Gasteiger charge is 2.20. The van der Waals surface area contributed by atoms with Crippen molar-refractivity contribution < 1.29 is 9.53 Å². The van der Waals surface area contributed by atoms with Crippen LogP contribution < -0.4 is 11.2 Å². The topological polar surface area (TPSA) is 88.1 Å². The van der Waals surface area contributed by atoms with Crippen molar-refractivity contribution in [3.05, 3.63) is 105 Å². The highest BCUT2D eigenvalue weighted by Crippen LogP contribution is 2.18. The van der Waals surface area contributed by atoms with Crippen molar-refractivity contribution in [3.63, 3.8) is 0 Å². The molecule has 0 aliphatic heterocycles. The number of carbonyl (C=O) groups excluding carboxylic acids is 1. The predicted molar refractivity (Wildman–Crippen MR) is 121 cm³/mol. The fraction of sp³-hybridized carbons (Fsp3) is 0.167. The lowest BCUT2D eigenvalue weighted by Crippen LogP contribution is -2.40. The van der Waals surface area contributed by atoms with Crippen molar-refractivity contribution in [1.29, 1.82) is 0 Å². The van der Waals surface area contributed by atoms with Crippen LogP contribution in [-0.4, -0.2) is 31.8 Å². The number of hydrogen-bond acceptors (Lipinski definition) is 5. The molecular formula is C24H22N4O4. The molecule has 4 aromatic rings. The van der Waals surface area contributed by atoms with Gasteiger partial charge in [-0.3, -0.25) is 9.36 Å². The van der Waals surface area contributed by atoms with Crippen molar-refractivity contribution in [2.45, 2.75) is 20.0 Å². The van der Waals surface area contributed by atoms with E-state index in [4.69, 9.17) is 4.74 Å². The molecule has 8 nitrogen and oxygen atoms in total. The minimum Gasteiger partial charge on any atom is -0.465 e. The van der Waals surface area contributed by atoms with Crippen LogP contribution in [-0.2, 0) is 17.8 Å². The number of para-hydroxylation sites is 1. The fourth-order valence-electron chi connectivity index (χ4n) is 3.73. The fourth-order valence-corrected chi connectivity index (χ4v) is 3.73. The Kier molecular flexibility index (Phi) is 5.59. The van der Waals surface area contributed by atoms with Gasteiger partial charge in [-0.2, -0.15) is 0 Å². The Morgan fingerprint density at radius 1 is 1.16 bits per heavy atom. The van der Waals surface area contributed by atoms with Gasteiger partial charge in [-0.25, -0.2) is 19.1 Å². The summed E-state index contributed by atoms with van der Waals surface area (Å²) in [4.78, 5) is 42.8. The van der Waals surface area contributed by atoms with Gasteiger partial charge in [0.25, 0.3) is 5.56 Å². The molecule has 2 aromatic carbocycles. The minimum atomic E-state index is -0.477. The van der Waals surface area contributed by atoms with E-state index < -0.39 is 17.2 Å². The number of imidazole rings is 1. The molecule has 4 rings (SSSR count). The van der Waals surface area contributed by atoms with E-state index in [-0.39, 0.29) is 24.3 Å².